The van der Waals surface area contributed by atoms with Crippen LogP contribution in [0, 0.1) is 0 Å². The second-order valence-electron chi connectivity index (χ2n) is 7.35. The summed E-state index contributed by atoms with van der Waals surface area (Å²) in [6.45, 7) is 4.66. The molecule has 180 valence electrons. The van der Waals surface area contributed by atoms with Gasteiger partial charge in [-0.1, -0.05) is 37.9 Å². The molecule has 0 bridgehead atoms. The van der Waals surface area contributed by atoms with Gasteiger partial charge in [0, 0.05) is 21.8 Å². The molecule has 0 amide bonds. The van der Waals surface area contributed by atoms with Crippen molar-refractivity contribution in [2.45, 2.75) is 50.8 Å². The molecule has 2 rings (SSSR count). The highest BCUT2D eigenvalue weighted by Gasteiger charge is 2.19. The SMILES string of the molecule is CCCc1c(OCCCSc2ccc(CC(=O)OC)cc2Cl)ccc(/C(CC)=N/[OH2+])c1OC. The van der Waals surface area contributed by atoms with Crippen LogP contribution in [0.3, 0.4) is 0 Å². The van der Waals surface area contributed by atoms with Crippen molar-refractivity contribution >= 4 is 35.0 Å². The lowest BCUT2D eigenvalue weighted by molar-refractivity contribution is -0.139. The van der Waals surface area contributed by atoms with Gasteiger partial charge in [-0.2, -0.15) is 0 Å². The average Bonchev–Trinajstić information content (AvgIpc) is 2.82. The van der Waals surface area contributed by atoms with Gasteiger partial charge in [0.1, 0.15) is 17.2 Å². The van der Waals surface area contributed by atoms with Crippen molar-refractivity contribution in [3.05, 3.63) is 52.0 Å². The molecule has 0 heterocycles. The van der Waals surface area contributed by atoms with Gasteiger partial charge in [-0.15, -0.1) is 11.8 Å². The van der Waals surface area contributed by atoms with E-state index in [9.17, 15) is 4.79 Å². The van der Waals surface area contributed by atoms with Gasteiger partial charge in [0.25, 0.3) is 0 Å². The van der Waals surface area contributed by atoms with E-state index in [1.165, 1.54) is 7.11 Å². The normalized spacial score (nSPS) is 11.4. The minimum atomic E-state index is -0.284. The van der Waals surface area contributed by atoms with Crippen LogP contribution >= 0.6 is 23.4 Å². The smallest absolute Gasteiger partial charge is 0.309 e. The number of carbonyl (C=O) groups is 1. The van der Waals surface area contributed by atoms with E-state index in [0.29, 0.717) is 23.8 Å². The van der Waals surface area contributed by atoms with Gasteiger partial charge < -0.3 is 19.4 Å². The number of hydrogen-bond acceptors (Lipinski definition) is 6. The molecule has 2 aromatic carbocycles. The highest BCUT2D eigenvalue weighted by Crippen LogP contribution is 2.35. The van der Waals surface area contributed by atoms with Crippen molar-refractivity contribution in [2.24, 2.45) is 5.16 Å². The summed E-state index contributed by atoms with van der Waals surface area (Å²) in [4.78, 5) is 12.4. The number of halogens is 1. The maximum atomic E-state index is 11.4. The topological polar surface area (TPSA) is 80.0 Å². The molecule has 0 radical (unpaired) electrons. The van der Waals surface area contributed by atoms with E-state index in [0.717, 1.165) is 58.1 Å². The Kier molecular flexibility index (Phi) is 11.4. The van der Waals surface area contributed by atoms with Crippen LogP contribution in [0.5, 0.6) is 11.5 Å². The summed E-state index contributed by atoms with van der Waals surface area (Å²) >= 11 is 8.04. The highest BCUT2D eigenvalue weighted by atomic mass is 35.5. The van der Waals surface area contributed by atoms with Crippen LogP contribution in [0.2, 0.25) is 5.02 Å². The van der Waals surface area contributed by atoms with Crippen LogP contribution in [-0.4, -0.2) is 43.5 Å². The van der Waals surface area contributed by atoms with Gasteiger partial charge in [-0.3, -0.25) is 4.79 Å². The second kappa shape index (κ2) is 14.0. The largest absolute Gasteiger partial charge is 0.496 e. The predicted molar refractivity (Wildman–Crippen MR) is 135 cm³/mol. The van der Waals surface area contributed by atoms with Gasteiger partial charge in [0.2, 0.25) is 0 Å². The molecule has 0 aliphatic carbocycles. The van der Waals surface area contributed by atoms with Crippen LogP contribution in [0.15, 0.2) is 40.4 Å². The molecule has 0 aromatic heterocycles. The molecule has 6 nitrogen and oxygen atoms in total. The third kappa shape index (κ3) is 7.57. The van der Waals surface area contributed by atoms with Crippen molar-refractivity contribution in [3.63, 3.8) is 0 Å². The molecule has 0 saturated carbocycles. The number of carbonyl (C=O) groups excluding carboxylic acids is 1. The first-order chi connectivity index (χ1) is 16.0. The molecular formula is C25H33ClNO5S+. The van der Waals surface area contributed by atoms with Crippen molar-refractivity contribution in [1.82, 2.24) is 0 Å². The molecular weight excluding hydrogens is 462 g/mol. The third-order valence-corrected chi connectivity index (χ3v) is 6.66. The van der Waals surface area contributed by atoms with E-state index in [1.807, 2.05) is 37.3 Å². The quantitative estimate of drug-likeness (QED) is 0.0927. The van der Waals surface area contributed by atoms with E-state index in [4.69, 9.17) is 31.0 Å². The molecule has 0 fully saturated rings. The maximum absolute atomic E-state index is 11.4. The summed E-state index contributed by atoms with van der Waals surface area (Å²) in [5, 5.41) is 11.8. The maximum Gasteiger partial charge on any atom is 0.309 e. The fraction of sp³-hybridized carbons (Fsp3) is 0.440. The summed E-state index contributed by atoms with van der Waals surface area (Å²) in [7, 11) is 3.02. The molecule has 0 saturated heterocycles. The number of rotatable bonds is 13. The predicted octanol–water partition coefficient (Wildman–Crippen LogP) is 5.42. The van der Waals surface area contributed by atoms with E-state index >= 15 is 0 Å². The first-order valence-corrected chi connectivity index (χ1v) is 12.4. The number of methoxy groups -OCH3 is 2. The number of benzene rings is 2. The Bertz CT molecular complexity index is 964. The minimum Gasteiger partial charge on any atom is -0.496 e. The Balaban J connectivity index is 1.98. The standard InChI is InChI=1S/C25H32ClNO5S/c1-5-8-19-22(11-10-18(25(19)31-4)21(6-2)27-29)32-13-7-14-33-23-12-9-17(15-20(23)26)16-24(28)30-3/h9-12,15,29H,5-8,13-14,16H2,1-4H3/p+1/b27-21+. The minimum absolute atomic E-state index is 0.213. The van der Waals surface area contributed by atoms with Crippen molar-refractivity contribution in [2.75, 3.05) is 26.6 Å². The zero-order chi connectivity index (χ0) is 24.2. The van der Waals surface area contributed by atoms with Crippen LogP contribution in [0.1, 0.15) is 49.8 Å². The third-order valence-electron chi connectivity index (χ3n) is 5.08. The zero-order valence-corrected chi connectivity index (χ0v) is 21.3. The number of ether oxygens (including phenoxy) is 3. The first-order valence-electron chi connectivity index (χ1n) is 11.0. The van der Waals surface area contributed by atoms with E-state index in [2.05, 4.69) is 12.1 Å². The number of nitrogens with zero attached hydrogens (tertiary/aromatic N) is 1. The van der Waals surface area contributed by atoms with Crippen molar-refractivity contribution in [1.29, 1.82) is 0 Å². The summed E-state index contributed by atoms with van der Waals surface area (Å²) < 4.78 is 16.5. The monoisotopic (exact) mass is 494 g/mol. The highest BCUT2D eigenvalue weighted by molar-refractivity contribution is 7.99. The summed E-state index contributed by atoms with van der Waals surface area (Å²) in [5.74, 6) is 2.12. The van der Waals surface area contributed by atoms with E-state index in [1.54, 1.807) is 18.9 Å². The number of hydrogen-bond donors (Lipinski definition) is 0. The number of esters is 1. The summed E-state index contributed by atoms with van der Waals surface area (Å²) in [5.41, 5.74) is 3.40. The number of thioether (sulfide) groups is 1. The zero-order valence-electron chi connectivity index (χ0n) is 19.7. The Labute approximate surface area is 205 Å². The Morgan fingerprint density at radius 3 is 2.58 bits per heavy atom. The fourth-order valence-electron chi connectivity index (χ4n) is 3.46. The summed E-state index contributed by atoms with van der Waals surface area (Å²) in [6.07, 6.45) is 3.49. The Morgan fingerprint density at radius 1 is 1.18 bits per heavy atom. The van der Waals surface area contributed by atoms with Gasteiger partial charge in [-0.25, -0.2) is 0 Å². The average molecular weight is 495 g/mol. The first kappa shape index (κ1) is 26.9. The van der Waals surface area contributed by atoms with Gasteiger partial charge in [-0.05, 0) is 49.1 Å². The molecule has 2 aromatic rings. The lowest BCUT2D eigenvalue weighted by atomic mass is 9.99. The Morgan fingerprint density at radius 2 is 1.97 bits per heavy atom. The van der Waals surface area contributed by atoms with Crippen LogP contribution in [-0.2, 0) is 22.4 Å². The molecule has 0 aliphatic rings. The van der Waals surface area contributed by atoms with Gasteiger partial charge in [0.15, 0.2) is 0 Å². The fourth-order valence-corrected chi connectivity index (χ4v) is 4.67. The van der Waals surface area contributed by atoms with E-state index in [-0.39, 0.29) is 12.4 Å². The van der Waals surface area contributed by atoms with Crippen molar-refractivity contribution in [3.8, 4) is 11.5 Å². The lowest BCUT2D eigenvalue weighted by Crippen LogP contribution is -2.08. The molecule has 0 atom stereocenters. The molecule has 2 N–H and O–H groups in total. The second-order valence-corrected chi connectivity index (χ2v) is 8.90. The van der Waals surface area contributed by atoms with Crippen LogP contribution in [0.4, 0.5) is 0 Å². The molecule has 33 heavy (non-hydrogen) atoms. The lowest BCUT2D eigenvalue weighted by Gasteiger charge is -2.18. The molecule has 0 aliphatic heterocycles. The molecule has 0 spiro atoms. The summed E-state index contributed by atoms with van der Waals surface area (Å²) in [6, 6.07) is 9.53. The molecule has 0 unspecified atom stereocenters. The van der Waals surface area contributed by atoms with Crippen LogP contribution in [0.25, 0.3) is 0 Å². The Hall–Kier alpha value is -2.38. The van der Waals surface area contributed by atoms with Crippen LogP contribution < -0.4 is 9.47 Å². The van der Waals surface area contributed by atoms with E-state index < -0.39 is 0 Å². The van der Waals surface area contributed by atoms with Gasteiger partial charge in [0.05, 0.1) is 37.4 Å². The van der Waals surface area contributed by atoms with Crippen molar-refractivity contribution < 1.29 is 24.2 Å². The van der Waals surface area contributed by atoms with Gasteiger partial charge >= 0.3 is 5.97 Å². The molecule has 8 heteroatoms.